The molecule has 0 aliphatic rings. The lowest BCUT2D eigenvalue weighted by molar-refractivity contribution is -0.116. The number of anilines is 1. The number of aromatic nitrogens is 1. The van der Waals surface area contributed by atoms with Crippen molar-refractivity contribution < 1.29 is 9.32 Å². The fraction of sp³-hybridized carbons (Fsp3) is 0.333. The van der Waals surface area contributed by atoms with Gasteiger partial charge in [-0.1, -0.05) is 5.16 Å². The van der Waals surface area contributed by atoms with Crippen molar-refractivity contribution >= 4 is 24.1 Å². The average molecular weight is 192 g/mol. The van der Waals surface area contributed by atoms with Crippen LogP contribution in [0.2, 0.25) is 0 Å². The fourth-order valence-electron chi connectivity index (χ4n) is 0.613. The van der Waals surface area contributed by atoms with Gasteiger partial charge in [0.2, 0.25) is 5.91 Å². The van der Waals surface area contributed by atoms with Gasteiger partial charge in [-0.2, -0.15) is 0 Å². The molecule has 0 atom stereocenters. The molecule has 1 heterocycles. The zero-order chi connectivity index (χ0) is 8.10. The number of halogens is 1. The summed E-state index contributed by atoms with van der Waals surface area (Å²) in [6, 6.07) is 1.56. The van der Waals surface area contributed by atoms with Crippen molar-refractivity contribution in [1.29, 1.82) is 0 Å². The summed E-state index contributed by atoms with van der Waals surface area (Å²) >= 11 is 0. The minimum atomic E-state index is -0.151. The van der Waals surface area contributed by atoms with Gasteiger partial charge in [0.1, 0.15) is 6.26 Å². The highest BCUT2D eigenvalue weighted by atomic mass is 35.5. The van der Waals surface area contributed by atoms with E-state index in [2.05, 4.69) is 15.0 Å². The SMILES string of the molecule is Cl.NCCC(=O)Nc1ccon1. The second-order valence-corrected chi connectivity index (χ2v) is 1.97. The molecule has 0 spiro atoms. The van der Waals surface area contributed by atoms with Gasteiger partial charge in [0.25, 0.3) is 0 Å². The standard InChI is InChI=1S/C6H9N3O2.ClH/c7-3-1-6(10)8-5-2-4-11-9-5;/h2,4H,1,3,7H2,(H,8,9,10);1H. The molecular formula is C6H10ClN3O2. The first-order valence-corrected chi connectivity index (χ1v) is 3.23. The van der Waals surface area contributed by atoms with Crippen LogP contribution in [0.4, 0.5) is 5.82 Å². The number of hydrogen-bond donors (Lipinski definition) is 2. The molecule has 0 saturated heterocycles. The molecule has 0 unspecified atom stereocenters. The van der Waals surface area contributed by atoms with Gasteiger partial charge in [-0.15, -0.1) is 12.4 Å². The highest BCUT2D eigenvalue weighted by Gasteiger charge is 2.01. The van der Waals surface area contributed by atoms with Gasteiger partial charge in [0.05, 0.1) is 0 Å². The summed E-state index contributed by atoms with van der Waals surface area (Å²) in [7, 11) is 0. The number of nitrogens with two attached hydrogens (primary N) is 1. The summed E-state index contributed by atoms with van der Waals surface area (Å²) in [5, 5.41) is 5.99. The first-order chi connectivity index (χ1) is 5.33. The van der Waals surface area contributed by atoms with Gasteiger partial charge in [0, 0.05) is 19.0 Å². The van der Waals surface area contributed by atoms with E-state index in [-0.39, 0.29) is 18.3 Å². The molecule has 3 N–H and O–H groups in total. The van der Waals surface area contributed by atoms with Crippen molar-refractivity contribution in [2.45, 2.75) is 6.42 Å². The molecule has 0 aliphatic carbocycles. The number of carbonyl (C=O) groups is 1. The Bertz CT molecular complexity index is 225. The Hall–Kier alpha value is -1.07. The molecule has 0 radical (unpaired) electrons. The Morgan fingerprint density at radius 1 is 1.75 bits per heavy atom. The smallest absolute Gasteiger partial charge is 0.226 e. The molecule has 1 rings (SSSR count). The van der Waals surface area contributed by atoms with Crippen molar-refractivity contribution in [3.63, 3.8) is 0 Å². The van der Waals surface area contributed by atoms with E-state index in [1.54, 1.807) is 6.07 Å². The van der Waals surface area contributed by atoms with Crippen molar-refractivity contribution in [2.24, 2.45) is 5.73 Å². The van der Waals surface area contributed by atoms with Crippen LogP contribution in [0.15, 0.2) is 16.9 Å². The number of rotatable bonds is 3. The monoisotopic (exact) mass is 191 g/mol. The van der Waals surface area contributed by atoms with Gasteiger partial charge in [-0.25, -0.2) is 0 Å². The first kappa shape index (κ1) is 10.9. The molecule has 1 amide bonds. The fourth-order valence-corrected chi connectivity index (χ4v) is 0.613. The predicted molar refractivity (Wildman–Crippen MR) is 46.1 cm³/mol. The molecule has 68 valence electrons. The lowest BCUT2D eigenvalue weighted by atomic mass is 10.4. The lowest BCUT2D eigenvalue weighted by Crippen LogP contribution is -2.16. The van der Waals surface area contributed by atoms with E-state index >= 15 is 0 Å². The molecule has 0 saturated carbocycles. The van der Waals surface area contributed by atoms with E-state index in [0.717, 1.165) is 0 Å². The third kappa shape index (κ3) is 3.36. The van der Waals surface area contributed by atoms with Crippen LogP contribution in [-0.4, -0.2) is 17.6 Å². The summed E-state index contributed by atoms with van der Waals surface area (Å²) in [5.74, 6) is 0.268. The largest absolute Gasteiger partial charge is 0.363 e. The first-order valence-electron chi connectivity index (χ1n) is 3.23. The number of amides is 1. The Balaban J connectivity index is 0.00000121. The number of hydrogen-bond acceptors (Lipinski definition) is 4. The molecule has 1 aromatic heterocycles. The van der Waals surface area contributed by atoms with Crippen LogP contribution in [0.3, 0.4) is 0 Å². The van der Waals surface area contributed by atoms with Crippen LogP contribution >= 0.6 is 12.4 Å². The van der Waals surface area contributed by atoms with Gasteiger partial charge in [0.15, 0.2) is 5.82 Å². The van der Waals surface area contributed by atoms with E-state index in [1.165, 1.54) is 6.26 Å². The Morgan fingerprint density at radius 2 is 2.50 bits per heavy atom. The molecule has 5 nitrogen and oxygen atoms in total. The summed E-state index contributed by atoms with van der Waals surface area (Å²) < 4.78 is 4.50. The van der Waals surface area contributed by atoms with Gasteiger partial charge in [-0.05, 0) is 0 Å². The summed E-state index contributed by atoms with van der Waals surface area (Å²) in [6.07, 6.45) is 1.69. The average Bonchev–Trinajstić information content (AvgIpc) is 2.40. The van der Waals surface area contributed by atoms with E-state index < -0.39 is 0 Å². The zero-order valence-corrected chi connectivity index (χ0v) is 7.13. The summed E-state index contributed by atoms with van der Waals surface area (Å²) in [5.41, 5.74) is 5.15. The van der Waals surface area contributed by atoms with Crippen molar-refractivity contribution in [1.82, 2.24) is 5.16 Å². The predicted octanol–water partition coefficient (Wildman–Crippen LogP) is 0.384. The Kier molecular flexibility index (Phi) is 5.07. The number of nitrogens with one attached hydrogen (secondary N) is 1. The van der Waals surface area contributed by atoms with Gasteiger partial charge >= 0.3 is 0 Å². The second-order valence-electron chi connectivity index (χ2n) is 1.97. The van der Waals surface area contributed by atoms with E-state index in [1.807, 2.05) is 0 Å². The van der Waals surface area contributed by atoms with Crippen LogP contribution < -0.4 is 11.1 Å². The maximum absolute atomic E-state index is 10.8. The third-order valence-electron chi connectivity index (χ3n) is 1.08. The minimum absolute atomic E-state index is 0. The highest BCUT2D eigenvalue weighted by Crippen LogP contribution is 2.00. The lowest BCUT2D eigenvalue weighted by Gasteiger charge is -1.96. The molecule has 0 fully saturated rings. The Morgan fingerprint density at radius 3 is 3.00 bits per heavy atom. The molecule has 6 heteroatoms. The van der Waals surface area contributed by atoms with E-state index in [0.29, 0.717) is 18.8 Å². The van der Waals surface area contributed by atoms with Crippen molar-refractivity contribution in [3.8, 4) is 0 Å². The van der Waals surface area contributed by atoms with Crippen LogP contribution in [0.1, 0.15) is 6.42 Å². The quantitative estimate of drug-likeness (QED) is 0.724. The van der Waals surface area contributed by atoms with Crippen LogP contribution in [0.5, 0.6) is 0 Å². The highest BCUT2D eigenvalue weighted by molar-refractivity contribution is 5.89. The van der Waals surface area contributed by atoms with Gasteiger partial charge in [-0.3, -0.25) is 4.79 Å². The minimum Gasteiger partial charge on any atom is -0.363 e. The summed E-state index contributed by atoms with van der Waals surface area (Å²) in [4.78, 5) is 10.8. The Labute approximate surface area is 75.7 Å². The molecule has 0 bridgehead atoms. The second kappa shape index (κ2) is 5.56. The normalized spacial score (nSPS) is 8.75. The van der Waals surface area contributed by atoms with Crippen LogP contribution in [-0.2, 0) is 4.79 Å². The summed E-state index contributed by atoms with van der Waals surface area (Å²) in [6.45, 7) is 0.337. The van der Waals surface area contributed by atoms with E-state index in [9.17, 15) is 4.79 Å². The van der Waals surface area contributed by atoms with Crippen molar-refractivity contribution in [3.05, 3.63) is 12.3 Å². The van der Waals surface area contributed by atoms with E-state index in [4.69, 9.17) is 5.73 Å². The molecular weight excluding hydrogens is 182 g/mol. The third-order valence-corrected chi connectivity index (χ3v) is 1.08. The zero-order valence-electron chi connectivity index (χ0n) is 6.32. The van der Waals surface area contributed by atoms with Crippen LogP contribution in [0.25, 0.3) is 0 Å². The molecule has 12 heavy (non-hydrogen) atoms. The van der Waals surface area contributed by atoms with Gasteiger partial charge < -0.3 is 15.6 Å². The molecule has 0 aromatic carbocycles. The topological polar surface area (TPSA) is 81.2 Å². The maximum Gasteiger partial charge on any atom is 0.226 e. The molecule has 1 aromatic rings. The van der Waals surface area contributed by atoms with Crippen LogP contribution in [0, 0.1) is 0 Å². The maximum atomic E-state index is 10.8. The van der Waals surface area contributed by atoms with Crippen molar-refractivity contribution in [2.75, 3.05) is 11.9 Å². The molecule has 0 aliphatic heterocycles. The number of carbonyl (C=O) groups excluding carboxylic acids is 1. The number of nitrogens with zero attached hydrogens (tertiary/aromatic N) is 1.